The standard InChI is InChI=1S/C5H3N4O/c1-2-7-9(3-1)5-8-6-4-10-5/h1-3H. The van der Waals surface area contributed by atoms with Crippen LogP contribution < -0.4 is 0 Å². The van der Waals surface area contributed by atoms with Crippen molar-refractivity contribution in [1.82, 2.24) is 20.0 Å². The highest BCUT2D eigenvalue weighted by molar-refractivity contribution is 4.98. The van der Waals surface area contributed by atoms with E-state index in [9.17, 15) is 0 Å². The van der Waals surface area contributed by atoms with Crippen LogP contribution >= 0.6 is 0 Å². The Labute approximate surface area is 56.3 Å². The highest BCUT2D eigenvalue weighted by atomic mass is 16.4. The lowest BCUT2D eigenvalue weighted by Crippen LogP contribution is -1.93. The maximum Gasteiger partial charge on any atom is 0.344 e. The van der Waals surface area contributed by atoms with Gasteiger partial charge in [0.05, 0.1) is 0 Å². The minimum atomic E-state index is 0.324. The zero-order valence-corrected chi connectivity index (χ0v) is 4.93. The lowest BCUT2D eigenvalue weighted by atomic mass is 10.8. The second-order valence-corrected chi connectivity index (χ2v) is 1.63. The van der Waals surface area contributed by atoms with E-state index >= 15 is 0 Å². The first-order chi connectivity index (χ1) is 4.97. The molecular formula is C5H3N4O. The Balaban J connectivity index is 2.48. The molecule has 0 saturated heterocycles. The average molecular weight is 135 g/mol. The van der Waals surface area contributed by atoms with Crippen LogP contribution in [0.1, 0.15) is 0 Å². The van der Waals surface area contributed by atoms with Crippen molar-refractivity contribution in [2.45, 2.75) is 0 Å². The minimum absolute atomic E-state index is 0.324. The van der Waals surface area contributed by atoms with Gasteiger partial charge in [0, 0.05) is 12.4 Å². The highest BCUT2D eigenvalue weighted by Crippen LogP contribution is 1.96. The molecule has 0 aliphatic rings. The fraction of sp³-hybridized carbons (Fsp3) is 0. The molecule has 0 saturated carbocycles. The van der Waals surface area contributed by atoms with Crippen molar-refractivity contribution in [3.05, 3.63) is 24.9 Å². The van der Waals surface area contributed by atoms with E-state index in [0.717, 1.165) is 0 Å². The molecule has 0 atom stereocenters. The van der Waals surface area contributed by atoms with E-state index in [2.05, 4.69) is 21.7 Å². The van der Waals surface area contributed by atoms with Gasteiger partial charge in [-0.1, -0.05) is 5.10 Å². The first-order valence-electron chi connectivity index (χ1n) is 2.66. The molecule has 0 unspecified atom stereocenters. The van der Waals surface area contributed by atoms with Crippen LogP contribution in [0.4, 0.5) is 0 Å². The number of rotatable bonds is 1. The van der Waals surface area contributed by atoms with Crippen LogP contribution in [-0.2, 0) is 0 Å². The van der Waals surface area contributed by atoms with Gasteiger partial charge in [0.2, 0.25) is 0 Å². The Bertz CT molecular complexity index is 253. The van der Waals surface area contributed by atoms with Crippen molar-refractivity contribution in [2.24, 2.45) is 0 Å². The Morgan fingerprint density at radius 2 is 2.60 bits per heavy atom. The Kier molecular flexibility index (Phi) is 1.00. The van der Waals surface area contributed by atoms with Crippen molar-refractivity contribution in [2.75, 3.05) is 0 Å². The van der Waals surface area contributed by atoms with E-state index in [1.165, 1.54) is 4.68 Å². The summed E-state index contributed by atoms with van der Waals surface area (Å²) in [6.07, 6.45) is 5.56. The Morgan fingerprint density at radius 3 is 3.20 bits per heavy atom. The van der Waals surface area contributed by atoms with E-state index in [4.69, 9.17) is 4.42 Å². The lowest BCUT2D eigenvalue weighted by molar-refractivity contribution is 0.501. The molecular weight excluding hydrogens is 132 g/mol. The second kappa shape index (κ2) is 1.94. The molecule has 2 rings (SSSR count). The number of nitrogens with zero attached hydrogens (tertiary/aromatic N) is 4. The van der Waals surface area contributed by atoms with Gasteiger partial charge >= 0.3 is 12.4 Å². The molecule has 2 aromatic rings. The summed E-state index contributed by atoms with van der Waals surface area (Å²) < 4.78 is 6.19. The average Bonchev–Trinajstić information content (AvgIpc) is 2.59. The molecule has 5 nitrogen and oxygen atoms in total. The van der Waals surface area contributed by atoms with Crippen LogP contribution in [0.15, 0.2) is 22.9 Å². The van der Waals surface area contributed by atoms with Crippen molar-refractivity contribution >= 4 is 0 Å². The molecule has 0 aliphatic heterocycles. The predicted molar refractivity (Wildman–Crippen MR) is 30.3 cm³/mol. The van der Waals surface area contributed by atoms with Crippen molar-refractivity contribution < 1.29 is 4.42 Å². The van der Waals surface area contributed by atoms with Crippen LogP contribution in [0, 0.1) is 6.39 Å². The van der Waals surface area contributed by atoms with Gasteiger partial charge in [-0.2, -0.15) is 9.78 Å². The number of hydrogen-bond donors (Lipinski definition) is 0. The number of hydrogen-bond acceptors (Lipinski definition) is 4. The molecule has 5 heteroatoms. The topological polar surface area (TPSA) is 56.7 Å². The molecule has 1 radical (unpaired) electrons. The van der Waals surface area contributed by atoms with Crippen LogP contribution in [0.3, 0.4) is 0 Å². The van der Waals surface area contributed by atoms with E-state index in [1.54, 1.807) is 18.5 Å². The van der Waals surface area contributed by atoms with E-state index < -0.39 is 0 Å². The maximum absolute atomic E-state index is 4.73. The molecule has 0 aromatic carbocycles. The summed E-state index contributed by atoms with van der Waals surface area (Å²) in [5.41, 5.74) is 0. The molecule has 0 N–H and O–H groups in total. The smallest absolute Gasteiger partial charge is 0.344 e. The summed E-state index contributed by atoms with van der Waals surface area (Å²) in [7, 11) is 0. The Hall–Kier alpha value is -1.65. The fourth-order valence-electron chi connectivity index (χ4n) is 0.619. The van der Waals surface area contributed by atoms with Gasteiger partial charge in [0.25, 0.3) is 0 Å². The first kappa shape index (κ1) is 5.16. The zero-order valence-electron chi connectivity index (χ0n) is 4.93. The second-order valence-electron chi connectivity index (χ2n) is 1.63. The van der Waals surface area contributed by atoms with Gasteiger partial charge in [-0.15, -0.1) is 5.10 Å². The first-order valence-corrected chi connectivity index (χ1v) is 2.66. The lowest BCUT2D eigenvalue weighted by Gasteiger charge is -1.86. The quantitative estimate of drug-likeness (QED) is 0.554. The van der Waals surface area contributed by atoms with E-state index in [0.29, 0.717) is 6.01 Å². The minimum Gasteiger partial charge on any atom is -0.397 e. The van der Waals surface area contributed by atoms with Crippen molar-refractivity contribution in [3.63, 3.8) is 0 Å². The monoisotopic (exact) mass is 135 g/mol. The van der Waals surface area contributed by atoms with Crippen LogP contribution in [0.5, 0.6) is 0 Å². The fourth-order valence-corrected chi connectivity index (χ4v) is 0.619. The third kappa shape index (κ3) is 0.680. The van der Waals surface area contributed by atoms with Crippen LogP contribution in [-0.4, -0.2) is 20.0 Å². The highest BCUT2D eigenvalue weighted by Gasteiger charge is 1.99. The van der Waals surface area contributed by atoms with Gasteiger partial charge in [-0.05, 0) is 6.07 Å². The summed E-state index contributed by atoms with van der Waals surface area (Å²) in [5.74, 6) is 0. The maximum atomic E-state index is 4.73. The summed E-state index contributed by atoms with van der Waals surface area (Å²) in [6.45, 7) is 0. The van der Waals surface area contributed by atoms with Gasteiger partial charge in [0.15, 0.2) is 0 Å². The molecule has 0 spiro atoms. The molecule has 49 valence electrons. The van der Waals surface area contributed by atoms with E-state index in [-0.39, 0.29) is 0 Å². The number of aromatic nitrogens is 4. The van der Waals surface area contributed by atoms with Crippen molar-refractivity contribution in [3.8, 4) is 6.01 Å². The summed E-state index contributed by atoms with van der Waals surface area (Å²) >= 11 is 0. The molecule has 0 fully saturated rings. The van der Waals surface area contributed by atoms with Crippen LogP contribution in [0.25, 0.3) is 6.01 Å². The normalized spacial score (nSPS) is 10.0. The van der Waals surface area contributed by atoms with Gasteiger partial charge < -0.3 is 4.42 Å². The summed E-state index contributed by atoms with van der Waals surface area (Å²) in [4.78, 5) is 0. The Morgan fingerprint density at radius 1 is 1.60 bits per heavy atom. The molecule has 0 amide bonds. The predicted octanol–water partition coefficient (Wildman–Crippen LogP) is 0.0555. The molecule has 0 aliphatic carbocycles. The zero-order chi connectivity index (χ0) is 6.81. The summed E-state index contributed by atoms with van der Waals surface area (Å²) in [5, 5.41) is 10.8. The van der Waals surface area contributed by atoms with Gasteiger partial charge in [-0.3, -0.25) is 0 Å². The van der Waals surface area contributed by atoms with Crippen LogP contribution in [0.2, 0.25) is 0 Å². The molecule has 10 heavy (non-hydrogen) atoms. The molecule has 2 aromatic heterocycles. The molecule has 2 heterocycles. The SMILES string of the molecule is [c]1nnc(-n2cccn2)o1. The largest absolute Gasteiger partial charge is 0.397 e. The van der Waals surface area contributed by atoms with Gasteiger partial charge in [-0.25, -0.2) is 0 Å². The van der Waals surface area contributed by atoms with Crippen molar-refractivity contribution in [1.29, 1.82) is 0 Å². The molecule has 0 bridgehead atoms. The summed E-state index contributed by atoms with van der Waals surface area (Å²) in [6, 6.07) is 2.09. The van der Waals surface area contributed by atoms with E-state index in [1.807, 2.05) is 0 Å². The third-order valence-corrected chi connectivity index (χ3v) is 1.01. The third-order valence-electron chi connectivity index (χ3n) is 1.01. The van der Waals surface area contributed by atoms with Gasteiger partial charge in [0.1, 0.15) is 0 Å².